The molecular formula is C18H22N2OS2. The molecule has 0 radical (unpaired) electrons. The van der Waals surface area contributed by atoms with Crippen LogP contribution in [0.3, 0.4) is 0 Å². The summed E-state index contributed by atoms with van der Waals surface area (Å²) in [5.41, 5.74) is 2.12. The molecule has 2 heterocycles. The van der Waals surface area contributed by atoms with E-state index in [4.69, 9.17) is 0 Å². The number of anilines is 2. The minimum absolute atomic E-state index is 0.0501. The number of hydrogen-bond acceptors (Lipinski definition) is 4. The maximum Gasteiger partial charge on any atom is 0.237 e. The van der Waals surface area contributed by atoms with E-state index < -0.39 is 0 Å². The minimum atomic E-state index is -0.101. The molecule has 2 aromatic rings. The molecule has 0 saturated carbocycles. The number of benzene rings is 1. The van der Waals surface area contributed by atoms with Crippen LogP contribution in [0.1, 0.15) is 26.2 Å². The Labute approximate surface area is 146 Å². The molecule has 1 unspecified atom stereocenters. The van der Waals surface area contributed by atoms with Crippen LogP contribution >= 0.6 is 23.1 Å². The van der Waals surface area contributed by atoms with Crippen LogP contribution in [0.4, 0.5) is 11.4 Å². The van der Waals surface area contributed by atoms with Crippen molar-refractivity contribution in [1.29, 1.82) is 0 Å². The van der Waals surface area contributed by atoms with E-state index in [1.54, 1.807) is 23.1 Å². The predicted molar refractivity (Wildman–Crippen MR) is 101 cm³/mol. The normalized spacial score (nSPS) is 16.1. The maximum absolute atomic E-state index is 12.3. The van der Waals surface area contributed by atoms with E-state index in [0.29, 0.717) is 0 Å². The topological polar surface area (TPSA) is 32.3 Å². The zero-order valence-corrected chi connectivity index (χ0v) is 15.0. The second-order valence-corrected chi connectivity index (χ2v) is 8.36. The highest BCUT2D eigenvalue weighted by atomic mass is 32.2. The first-order valence-corrected chi connectivity index (χ1v) is 9.84. The molecule has 0 spiro atoms. The Morgan fingerprint density at radius 2 is 1.91 bits per heavy atom. The fraction of sp³-hybridized carbons (Fsp3) is 0.389. The molecule has 3 rings (SSSR count). The van der Waals surface area contributed by atoms with Gasteiger partial charge in [0.25, 0.3) is 0 Å². The molecule has 1 aliphatic heterocycles. The molecule has 5 heteroatoms. The predicted octanol–water partition coefficient (Wildman–Crippen LogP) is 4.86. The lowest BCUT2D eigenvalue weighted by Gasteiger charge is -2.28. The average molecular weight is 347 g/mol. The summed E-state index contributed by atoms with van der Waals surface area (Å²) < 4.78 is 1.17. The van der Waals surface area contributed by atoms with Gasteiger partial charge in [-0.15, -0.1) is 23.1 Å². The third-order valence-electron chi connectivity index (χ3n) is 4.01. The highest BCUT2D eigenvalue weighted by Gasteiger charge is 2.15. The first kappa shape index (κ1) is 16.4. The zero-order chi connectivity index (χ0) is 16.1. The Morgan fingerprint density at radius 1 is 1.17 bits per heavy atom. The van der Waals surface area contributed by atoms with Crippen molar-refractivity contribution in [1.82, 2.24) is 0 Å². The van der Waals surface area contributed by atoms with E-state index >= 15 is 0 Å². The summed E-state index contributed by atoms with van der Waals surface area (Å²) in [7, 11) is 0. The molecule has 0 aliphatic carbocycles. The quantitative estimate of drug-likeness (QED) is 0.785. The summed E-state index contributed by atoms with van der Waals surface area (Å²) in [6.07, 6.45) is 3.89. The van der Waals surface area contributed by atoms with Gasteiger partial charge in [-0.1, -0.05) is 6.07 Å². The van der Waals surface area contributed by atoms with Crippen molar-refractivity contribution in [2.24, 2.45) is 0 Å². The summed E-state index contributed by atoms with van der Waals surface area (Å²) in [6, 6.07) is 12.3. The molecule has 3 nitrogen and oxygen atoms in total. The molecule has 23 heavy (non-hydrogen) atoms. The second kappa shape index (κ2) is 7.88. The Morgan fingerprint density at radius 3 is 2.57 bits per heavy atom. The number of nitrogens with zero attached hydrogens (tertiary/aromatic N) is 1. The third-order valence-corrected chi connectivity index (χ3v) is 6.19. The Hall–Kier alpha value is -1.46. The molecule has 1 aliphatic rings. The number of hydrogen-bond donors (Lipinski definition) is 1. The summed E-state index contributed by atoms with van der Waals surface area (Å²) >= 11 is 3.27. The maximum atomic E-state index is 12.3. The summed E-state index contributed by atoms with van der Waals surface area (Å²) in [5.74, 6) is 0.0501. The highest BCUT2D eigenvalue weighted by molar-refractivity contribution is 8.02. The van der Waals surface area contributed by atoms with Crippen LogP contribution in [0.15, 0.2) is 46.0 Å². The molecule has 1 amide bonds. The number of carbonyl (C=O) groups excluding carboxylic acids is 1. The van der Waals surface area contributed by atoms with Gasteiger partial charge in [0.15, 0.2) is 0 Å². The monoisotopic (exact) mass is 346 g/mol. The van der Waals surface area contributed by atoms with Crippen molar-refractivity contribution in [3.8, 4) is 0 Å². The van der Waals surface area contributed by atoms with Crippen molar-refractivity contribution in [3.05, 3.63) is 41.8 Å². The van der Waals surface area contributed by atoms with Crippen molar-refractivity contribution in [2.45, 2.75) is 35.6 Å². The lowest BCUT2D eigenvalue weighted by atomic mass is 10.1. The number of rotatable bonds is 5. The van der Waals surface area contributed by atoms with E-state index in [-0.39, 0.29) is 11.2 Å². The smallest absolute Gasteiger partial charge is 0.237 e. The number of nitrogens with one attached hydrogen (secondary N) is 1. The SMILES string of the molecule is CC(Sc1cccs1)C(=O)Nc1ccc(N2CCCCC2)cc1. The van der Waals surface area contributed by atoms with Gasteiger partial charge < -0.3 is 10.2 Å². The third kappa shape index (κ3) is 4.52. The Bertz CT molecular complexity index is 619. The number of carbonyl (C=O) groups is 1. The zero-order valence-electron chi connectivity index (χ0n) is 13.3. The van der Waals surface area contributed by atoms with Gasteiger partial charge in [-0.3, -0.25) is 4.79 Å². The van der Waals surface area contributed by atoms with Crippen LogP contribution in [0.5, 0.6) is 0 Å². The van der Waals surface area contributed by atoms with Gasteiger partial charge >= 0.3 is 0 Å². The lowest BCUT2D eigenvalue weighted by Crippen LogP contribution is -2.29. The van der Waals surface area contributed by atoms with E-state index in [9.17, 15) is 4.79 Å². The number of amides is 1. The molecule has 122 valence electrons. The van der Waals surface area contributed by atoms with Gasteiger partial charge in [0.2, 0.25) is 5.91 Å². The molecule has 1 N–H and O–H groups in total. The first-order valence-electron chi connectivity index (χ1n) is 8.08. The highest BCUT2D eigenvalue weighted by Crippen LogP contribution is 2.28. The largest absolute Gasteiger partial charge is 0.372 e. The van der Waals surface area contributed by atoms with E-state index in [2.05, 4.69) is 22.3 Å². The van der Waals surface area contributed by atoms with Crippen LogP contribution in [0.2, 0.25) is 0 Å². The first-order chi connectivity index (χ1) is 11.2. The van der Waals surface area contributed by atoms with Crippen LogP contribution in [-0.2, 0) is 4.79 Å². The summed E-state index contributed by atoms with van der Waals surface area (Å²) in [4.78, 5) is 14.7. The lowest BCUT2D eigenvalue weighted by molar-refractivity contribution is -0.115. The van der Waals surface area contributed by atoms with Gasteiger partial charge in [-0.25, -0.2) is 0 Å². The van der Waals surface area contributed by atoms with Gasteiger partial charge in [-0.05, 0) is 61.9 Å². The van der Waals surface area contributed by atoms with Crippen molar-refractivity contribution < 1.29 is 4.79 Å². The average Bonchev–Trinajstić information content (AvgIpc) is 3.09. The molecule has 1 aromatic heterocycles. The number of piperidine rings is 1. The standard InChI is InChI=1S/C18H22N2OS2/c1-14(23-17-6-5-13-22-17)18(21)19-15-7-9-16(10-8-15)20-11-3-2-4-12-20/h5-10,13-14H,2-4,11-12H2,1H3,(H,19,21). The van der Waals surface area contributed by atoms with Crippen LogP contribution < -0.4 is 10.2 Å². The van der Waals surface area contributed by atoms with Crippen molar-refractivity contribution in [2.75, 3.05) is 23.3 Å². The minimum Gasteiger partial charge on any atom is -0.372 e. The summed E-state index contributed by atoms with van der Waals surface area (Å²) in [5, 5.41) is 4.94. The van der Waals surface area contributed by atoms with Crippen LogP contribution in [-0.4, -0.2) is 24.2 Å². The molecule has 1 atom stereocenters. The van der Waals surface area contributed by atoms with Crippen LogP contribution in [0, 0.1) is 0 Å². The molecule has 0 bridgehead atoms. The molecule has 1 saturated heterocycles. The number of thiophene rings is 1. The molecular weight excluding hydrogens is 324 g/mol. The van der Waals surface area contributed by atoms with Crippen LogP contribution in [0.25, 0.3) is 0 Å². The van der Waals surface area contributed by atoms with E-state index in [1.807, 2.05) is 36.6 Å². The Balaban J connectivity index is 1.55. The Kier molecular flexibility index (Phi) is 5.62. The second-order valence-electron chi connectivity index (χ2n) is 5.78. The molecule has 1 fully saturated rings. The van der Waals surface area contributed by atoms with Crippen molar-refractivity contribution >= 4 is 40.4 Å². The van der Waals surface area contributed by atoms with E-state index in [0.717, 1.165) is 18.8 Å². The fourth-order valence-electron chi connectivity index (χ4n) is 2.71. The van der Waals surface area contributed by atoms with Gasteiger partial charge in [0.05, 0.1) is 9.46 Å². The summed E-state index contributed by atoms with van der Waals surface area (Å²) in [6.45, 7) is 4.22. The molecule has 1 aromatic carbocycles. The van der Waals surface area contributed by atoms with Crippen molar-refractivity contribution in [3.63, 3.8) is 0 Å². The van der Waals surface area contributed by atoms with Gasteiger partial charge in [0.1, 0.15) is 0 Å². The van der Waals surface area contributed by atoms with Gasteiger partial charge in [-0.2, -0.15) is 0 Å². The fourth-order valence-corrected chi connectivity index (χ4v) is 4.65. The van der Waals surface area contributed by atoms with Gasteiger partial charge in [0, 0.05) is 24.5 Å². The number of thioether (sulfide) groups is 1. The van der Waals surface area contributed by atoms with E-state index in [1.165, 1.54) is 29.2 Å².